The lowest BCUT2D eigenvalue weighted by Crippen LogP contribution is -2.28. The third kappa shape index (κ3) is 2.54. The van der Waals surface area contributed by atoms with E-state index in [0.717, 1.165) is 35.7 Å². The average molecular weight is 297 g/mol. The van der Waals surface area contributed by atoms with Crippen LogP contribution in [0.4, 0.5) is 11.5 Å². The number of allylic oxidation sites excluding steroid dienone is 2. The fourth-order valence-electron chi connectivity index (χ4n) is 2.74. The number of aromatic nitrogens is 2. The minimum atomic E-state index is 0.416. The van der Waals surface area contributed by atoms with Crippen LogP contribution in [0, 0.1) is 13.8 Å². The first-order chi connectivity index (χ1) is 10.6. The number of rotatable bonds is 4. The number of nitrogens with zero attached hydrogens (tertiary/aromatic N) is 3. The van der Waals surface area contributed by atoms with Gasteiger partial charge in [-0.05, 0) is 44.2 Å². The molecule has 0 saturated heterocycles. The summed E-state index contributed by atoms with van der Waals surface area (Å²) in [4.78, 5) is 2.21. The van der Waals surface area contributed by atoms with E-state index in [4.69, 9.17) is 5.73 Å². The largest absolute Gasteiger partial charge is 0.394 e. The lowest BCUT2D eigenvalue weighted by molar-refractivity contribution is 0.367. The molecule has 22 heavy (non-hydrogen) atoms. The third-order valence-electron chi connectivity index (χ3n) is 4.36. The van der Waals surface area contributed by atoms with Crippen molar-refractivity contribution in [3.8, 4) is 0 Å². The molecule has 3 N–H and O–H groups in total. The Morgan fingerprint density at radius 1 is 1.27 bits per heavy atom. The molecule has 1 atom stereocenters. The van der Waals surface area contributed by atoms with E-state index in [0.29, 0.717) is 6.04 Å². The minimum Gasteiger partial charge on any atom is -0.394 e. The molecule has 0 bridgehead atoms. The Hall–Kier alpha value is -2.43. The van der Waals surface area contributed by atoms with Crippen molar-refractivity contribution in [1.82, 2.24) is 14.5 Å². The molecular weight excluding hydrogens is 274 g/mol. The highest BCUT2D eigenvalue weighted by atomic mass is 15.3. The SMILES string of the molecule is Cc1ccc2c(N)c(NCCC3C=CC=CN3C)nn2c1C. The van der Waals surface area contributed by atoms with Crippen LogP contribution in [0.25, 0.3) is 5.52 Å². The fourth-order valence-corrected chi connectivity index (χ4v) is 2.74. The Kier molecular flexibility index (Phi) is 3.79. The maximum absolute atomic E-state index is 6.22. The van der Waals surface area contributed by atoms with Crippen molar-refractivity contribution < 1.29 is 0 Å². The molecule has 3 heterocycles. The van der Waals surface area contributed by atoms with Crippen molar-refractivity contribution in [2.45, 2.75) is 26.3 Å². The van der Waals surface area contributed by atoms with Crippen LogP contribution in [0.3, 0.4) is 0 Å². The van der Waals surface area contributed by atoms with Crippen molar-refractivity contribution >= 4 is 17.0 Å². The smallest absolute Gasteiger partial charge is 0.172 e. The second kappa shape index (κ2) is 5.75. The Bertz CT molecular complexity index is 741. The highest BCUT2D eigenvalue weighted by Crippen LogP contribution is 2.25. The molecule has 0 spiro atoms. The lowest BCUT2D eigenvalue weighted by Gasteiger charge is -2.26. The van der Waals surface area contributed by atoms with Gasteiger partial charge >= 0.3 is 0 Å². The van der Waals surface area contributed by atoms with Gasteiger partial charge in [-0.2, -0.15) is 0 Å². The molecule has 1 unspecified atom stereocenters. The van der Waals surface area contributed by atoms with E-state index in [1.165, 1.54) is 5.56 Å². The van der Waals surface area contributed by atoms with Gasteiger partial charge in [-0.25, -0.2) is 4.52 Å². The summed E-state index contributed by atoms with van der Waals surface area (Å²) in [7, 11) is 2.09. The predicted molar refractivity (Wildman–Crippen MR) is 92.0 cm³/mol. The molecule has 0 aromatic carbocycles. The van der Waals surface area contributed by atoms with Gasteiger partial charge in [-0.3, -0.25) is 0 Å². The van der Waals surface area contributed by atoms with Gasteiger partial charge in [0.2, 0.25) is 0 Å². The van der Waals surface area contributed by atoms with Crippen molar-refractivity contribution in [1.29, 1.82) is 0 Å². The second-order valence-electron chi connectivity index (χ2n) is 5.84. The Morgan fingerprint density at radius 3 is 2.86 bits per heavy atom. The van der Waals surface area contributed by atoms with Crippen LogP contribution in [0.15, 0.2) is 36.6 Å². The monoisotopic (exact) mass is 297 g/mol. The van der Waals surface area contributed by atoms with Crippen LogP contribution in [-0.4, -0.2) is 34.1 Å². The predicted octanol–water partition coefficient (Wildman–Crippen LogP) is 2.72. The number of nitrogens with one attached hydrogen (secondary N) is 1. The molecule has 0 amide bonds. The van der Waals surface area contributed by atoms with Gasteiger partial charge in [0.25, 0.3) is 0 Å². The molecule has 0 aliphatic carbocycles. The highest BCUT2D eigenvalue weighted by molar-refractivity contribution is 5.81. The van der Waals surface area contributed by atoms with Gasteiger partial charge in [0.05, 0.1) is 5.52 Å². The third-order valence-corrected chi connectivity index (χ3v) is 4.36. The van der Waals surface area contributed by atoms with Crippen LogP contribution in [0.5, 0.6) is 0 Å². The zero-order valence-electron chi connectivity index (χ0n) is 13.4. The average Bonchev–Trinajstić information content (AvgIpc) is 2.83. The maximum atomic E-state index is 6.22. The number of pyridine rings is 1. The summed E-state index contributed by atoms with van der Waals surface area (Å²) in [6.07, 6.45) is 9.45. The standard InChI is InChI=1S/C17H23N5/c1-12-7-8-15-16(18)17(20-22(15)13(12)2)19-10-9-14-6-4-5-11-21(14)3/h4-8,11,14H,9-10,18H2,1-3H3,(H,19,20). The summed E-state index contributed by atoms with van der Waals surface area (Å²) >= 11 is 0. The van der Waals surface area contributed by atoms with Crippen molar-refractivity contribution in [2.24, 2.45) is 0 Å². The van der Waals surface area contributed by atoms with Crippen molar-refractivity contribution in [3.63, 3.8) is 0 Å². The summed E-state index contributed by atoms with van der Waals surface area (Å²) in [5, 5.41) is 7.98. The van der Waals surface area contributed by atoms with E-state index >= 15 is 0 Å². The number of hydrogen-bond acceptors (Lipinski definition) is 4. The lowest BCUT2D eigenvalue weighted by atomic mass is 10.1. The van der Waals surface area contributed by atoms with Gasteiger partial charge in [0.15, 0.2) is 5.82 Å². The van der Waals surface area contributed by atoms with Crippen LogP contribution in [-0.2, 0) is 0 Å². The summed E-state index contributed by atoms with van der Waals surface area (Å²) < 4.78 is 1.92. The number of hydrogen-bond donors (Lipinski definition) is 2. The molecule has 116 valence electrons. The summed E-state index contributed by atoms with van der Waals surface area (Å²) in [5.41, 5.74) is 10.2. The zero-order chi connectivity index (χ0) is 15.7. The molecule has 1 aliphatic rings. The molecule has 2 aromatic heterocycles. The number of nitrogens with two attached hydrogens (primary N) is 1. The molecule has 3 rings (SSSR count). The molecule has 5 heteroatoms. The molecular formula is C17H23N5. The van der Waals surface area contributed by atoms with E-state index < -0.39 is 0 Å². The minimum absolute atomic E-state index is 0.416. The first kappa shape index (κ1) is 14.5. The highest BCUT2D eigenvalue weighted by Gasteiger charge is 2.13. The van der Waals surface area contributed by atoms with E-state index in [2.05, 4.69) is 66.7 Å². The molecule has 0 fully saturated rings. The van der Waals surface area contributed by atoms with Crippen LogP contribution >= 0.6 is 0 Å². The van der Waals surface area contributed by atoms with Crippen LogP contribution in [0.2, 0.25) is 0 Å². The molecule has 1 aliphatic heterocycles. The molecule has 0 radical (unpaired) electrons. The first-order valence-corrected chi connectivity index (χ1v) is 7.63. The van der Waals surface area contributed by atoms with Gasteiger partial charge in [0.1, 0.15) is 5.69 Å². The topological polar surface area (TPSA) is 58.6 Å². The zero-order valence-corrected chi connectivity index (χ0v) is 13.4. The van der Waals surface area contributed by atoms with Crippen molar-refractivity contribution in [2.75, 3.05) is 24.6 Å². The van der Waals surface area contributed by atoms with Crippen LogP contribution in [0.1, 0.15) is 17.7 Å². The quantitative estimate of drug-likeness (QED) is 0.911. The normalized spacial score (nSPS) is 17.4. The number of fused-ring (bicyclic) bond motifs is 1. The number of likely N-dealkylation sites (N-methyl/N-ethyl adjacent to an activating group) is 1. The number of nitrogen functional groups attached to an aromatic ring is 1. The first-order valence-electron chi connectivity index (χ1n) is 7.63. The summed E-state index contributed by atoms with van der Waals surface area (Å²) in [6.45, 7) is 4.98. The van der Waals surface area contributed by atoms with E-state index in [-0.39, 0.29) is 0 Å². The molecule has 0 saturated carbocycles. The Morgan fingerprint density at radius 2 is 2.09 bits per heavy atom. The summed E-state index contributed by atoms with van der Waals surface area (Å²) in [5.74, 6) is 0.770. The fraction of sp³-hybridized carbons (Fsp3) is 0.353. The van der Waals surface area contributed by atoms with E-state index in [1.54, 1.807) is 0 Å². The van der Waals surface area contributed by atoms with Gasteiger partial charge in [-0.15, -0.1) is 5.10 Å². The molecule has 5 nitrogen and oxygen atoms in total. The Balaban J connectivity index is 1.72. The second-order valence-corrected chi connectivity index (χ2v) is 5.84. The van der Waals surface area contributed by atoms with Crippen LogP contribution < -0.4 is 11.1 Å². The number of aryl methyl sites for hydroxylation is 2. The van der Waals surface area contributed by atoms with E-state index in [1.807, 2.05) is 10.6 Å². The maximum Gasteiger partial charge on any atom is 0.172 e. The van der Waals surface area contributed by atoms with Gasteiger partial charge < -0.3 is 16.0 Å². The number of anilines is 2. The van der Waals surface area contributed by atoms with Crippen molar-refractivity contribution in [3.05, 3.63) is 47.8 Å². The van der Waals surface area contributed by atoms with Gasteiger partial charge in [0, 0.05) is 25.3 Å². The van der Waals surface area contributed by atoms with E-state index in [9.17, 15) is 0 Å². The molecule has 2 aromatic rings. The summed E-state index contributed by atoms with van der Waals surface area (Å²) in [6, 6.07) is 4.53. The Labute approximate surface area is 131 Å². The van der Waals surface area contributed by atoms with Gasteiger partial charge in [-0.1, -0.05) is 18.2 Å².